The molecule has 0 aromatic rings. The van der Waals surface area contributed by atoms with Crippen LogP contribution in [-0.4, -0.2) is 37.2 Å². The van der Waals surface area contributed by atoms with Crippen molar-refractivity contribution in [2.24, 2.45) is 0 Å². The molecule has 0 bridgehead atoms. The summed E-state index contributed by atoms with van der Waals surface area (Å²) in [6, 6.07) is 0. The molecule has 0 rings (SSSR count). The molecule has 474 valence electrons. The van der Waals surface area contributed by atoms with Gasteiger partial charge in [0.25, 0.3) is 0 Å². The molecule has 0 aromatic carbocycles. The molecule has 0 saturated carbocycles. The quantitative estimate of drug-likeness (QED) is 0.0261. The minimum atomic E-state index is -0.769. The summed E-state index contributed by atoms with van der Waals surface area (Å²) in [6.45, 7) is 6.66. The highest BCUT2D eigenvalue weighted by Crippen LogP contribution is 2.20. The van der Waals surface area contributed by atoms with Crippen molar-refractivity contribution in [2.75, 3.05) is 13.2 Å². The van der Waals surface area contributed by atoms with Gasteiger partial charge in [-0.25, -0.2) is 0 Å². The van der Waals surface area contributed by atoms with Gasteiger partial charge < -0.3 is 14.2 Å². The molecule has 0 aliphatic heterocycles. The maximum absolute atomic E-state index is 12.9. The summed E-state index contributed by atoms with van der Waals surface area (Å²) in [7, 11) is 0. The Balaban J connectivity index is 4.06. The maximum atomic E-state index is 12.9. The fraction of sp³-hybridized carbons (Fsp3) is 0.932. The number of carbonyl (C=O) groups is 3. The first kappa shape index (κ1) is 78.1. The van der Waals surface area contributed by atoms with Crippen LogP contribution in [0.5, 0.6) is 0 Å². The summed E-state index contributed by atoms with van der Waals surface area (Å²) in [6.07, 6.45) is 84.2. The van der Waals surface area contributed by atoms with Gasteiger partial charge in [-0.05, 0) is 38.5 Å². The highest BCUT2D eigenvalue weighted by atomic mass is 16.6. The van der Waals surface area contributed by atoms with E-state index in [2.05, 4.69) is 32.9 Å². The van der Waals surface area contributed by atoms with Crippen molar-refractivity contribution >= 4 is 17.9 Å². The van der Waals surface area contributed by atoms with Crippen molar-refractivity contribution in [1.82, 2.24) is 0 Å². The molecule has 0 aromatic heterocycles. The van der Waals surface area contributed by atoms with Crippen LogP contribution < -0.4 is 0 Å². The summed E-state index contributed by atoms with van der Waals surface area (Å²) < 4.78 is 17.0. The lowest BCUT2D eigenvalue weighted by molar-refractivity contribution is -0.167. The first-order valence-corrected chi connectivity index (χ1v) is 36.7. The van der Waals surface area contributed by atoms with E-state index in [1.807, 2.05) is 0 Å². The average molecular weight is 1130 g/mol. The summed E-state index contributed by atoms with van der Waals surface area (Å²) in [5.41, 5.74) is 0. The molecule has 0 radical (unpaired) electrons. The molecule has 0 fully saturated rings. The van der Waals surface area contributed by atoms with Crippen LogP contribution in [0.15, 0.2) is 12.2 Å². The van der Waals surface area contributed by atoms with Crippen molar-refractivity contribution in [3.8, 4) is 0 Å². The highest BCUT2D eigenvalue weighted by molar-refractivity contribution is 5.71. The maximum Gasteiger partial charge on any atom is 0.306 e. The molecule has 0 heterocycles. The van der Waals surface area contributed by atoms with Crippen LogP contribution in [0.3, 0.4) is 0 Å². The Morgan fingerprint density at radius 1 is 0.237 bits per heavy atom. The topological polar surface area (TPSA) is 78.9 Å². The molecule has 6 nitrogen and oxygen atoms in total. The Kier molecular flexibility index (Phi) is 68.0. The van der Waals surface area contributed by atoms with Crippen LogP contribution in [0.1, 0.15) is 425 Å². The molecule has 0 amide bonds. The predicted octanol–water partition coefficient (Wildman–Crippen LogP) is 25.2. The van der Waals surface area contributed by atoms with Crippen LogP contribution in [0.4, 0.5) is 0 Å². The Labute approximate surface area is 501 Å². The van der Waals surface area contributed by atoms with Crippen molar-refractivity contribution in [1.29, 1.82) is 0 Å². The molecule has 1 unspecified atom stereocenters. The molecule has 0 N–H and O–H groups in total. The van der Waals surface area contributed by atoms with Crippen molar-refractivity contribution in [3.05, 3.63) is 12.2 Å². The van der Waals surface area contributed by atoms with Crippen molar-refractivity contribution < 1.29 is 28.6 Å². The van der Waals surface area contributed by atoms with Crippen LogP contribution in [0, 0.1) is 0 Å². The molecule has 80 heavy (non-hydrogen) atoms. The molecular formula is C74H142O6. The Hall–Kier alpha value is -1.85. The van der Waals surface area contributed by atoms with E-state index in [1.165, 1.54) is 315 Å². The Morgan fingerprint density at radius 2 is 0.438 bits per heavy atom. The number of hydrogen-bond donors (Lipinski definition) is 0. The van der Waals surface area contributed by atoms with Gasteiger partial charge in [0.15, 0.2) is 6.10 Å². The second kappa shape index (κ2) is 69.6. The van der Waals surface area contributed by atoms with Gasteiger partial charge >= 0.3 is 17.9 Å². The number of rotatable bonds is 69. The van der Waals surface area contributed by atoms with Gasteiger partial charge in [0.05, 0.1) is 0 Å². The van der Waals surface area contributed by atoms with Gasteiger partial charge in [-0.2, -0.15) is 0 Å². The van der Waals surface area contributed by atoms with E-state index in [4.69, 9.17) is 14.2 Å². The van der Waals surface area contributed by atoms with E-state index in [-0.39, 0.29) is 31.1 Å². The van der Waals surface area contributed by atoms with Gasteiger partial charge in [-0.1, -0.05) is 380 Å². The SMILES string of the molecule is CCC/C=C\CCCCCCCC(=O)OCC(COC(=O)CCCCCCCCCCCCCCCCCCCCCCCCCCCCCCCC)OC(=O)CCCCCCCCCCCCCCCCCCCCCCCC. The standard InChI is InChI=1S/C74H142O6/c1-4-7-10-13-16-19-22-24-26-28-30-32-34-35-36-37-38-39-40-41-43-44-46-48-50-52-55-58-61-64-67-73(76)79-70-71(69-78-72(75)66-63-60-57-54-21-18-15-12-9-6-3)80-74(77)68-65-62-59-56-53-51-49-47-45-42-33-31-29-27-25-23-20-17-14-11-8-5-2/h12,15,71H,4-11,13-14,16-70H2,1-3H3/b15-12-. The number of ether oxygens (including phenoxy) is 3. The second-order valence-electron chi connectivity index (χ2n) is 25.2. The lowest BCUT2D eigenvalue weighted by Gasteiger charge is -2.18. The third-order valence-corrected chi connectivity index (χ3v) is 17.0. The molecular weight excluding hydrogens is 985 g/mol. The summed E-state index contributed by atoms with van der Waals surface area (Å²) in [4.78, 5) is 38.3. The molecule has 6 heteroatoms. The minimum Gasteiger partial charge on any atom is -0.462 e. The van der Waals surface area contributed by atoms with Gasteiger partial charge in [0, 0.05) is 19.3 Å². The number of unbranched alkanes of at least 4 members (excludes halogenated alkanes) is 56. The lowest BCUT2D eigenvalue weighted by Crippen LogP contribution is -2.30. The third kappa shape index (κ3) is 66.9. The van der Waals surface area contributed by atoms with Gasteiger partial charge in [0.2, 0.25) is 0 Å². The zero-order chi connectivity index (χ0) is 57.8. The van der Waals surface area contributed by atoms with Crippen LogP contribution in [0.2, 0.25) is 0 Å². The molecule has 0 aliphatic rings. The van der Waals surface area contributed by atoms with E-state index in [0.29, 0.717) is 19.3 Å². The Morgan fingerprint density at radius 3 is 0.675 bits per heavy atom. The fourth-order valence-corrected chi connectivity index (χ4v) is 11.5. The van der Waals surface area contributed by atoms with E-state index in [0.717, 1.165) is 70.6 Å². The van der Waals surface area contributed by atoms with Gasteiger partial charge in [-0.15, -0.1) is 0 Å². The lowest BCUT2D eigenvalue weighted by atomic mass is 10.0. The van der Waals surface area contributed by atoms with E-state index in [9.17, 15) is 14.4 Å². The van der Waals surface area contributed by atoms with E-state index < -0.39 is 6.10 Å². The molecule has 0 saturated heterocycles. The number of carbonyl (C=O) groups excluding carboxylic acids is 3. The first-order valence-electron chi connectivity index (χ1n) is 36.7. The highest BCUT2D eigenvalue weighted by Gasteiger charge is 2.20. The Bertz CT molecular complexity index is 1250. The summed E-state index contributed by atoms with van der Waals surface area (Å²) >= 11 is 0. The van der Waals surface area contributed by atoms with Crippen LogP contribution >= 0.6 is 0 Å². The minimum absolute atomic E-state index is 0.0660. The average Bonchev–Trinajstić information content (AvgIpc) is 3.46. The van der Waals surface area contributed by atoms with Gasteiger partial charge in [0.1, 0.15) is 13.2 Å². The smallest absolute Gasteiger partial charge is 0.306 e. The molecule has 1 atom stereocenters. The van der Waals surface area contributed by atoms with Crippen LogP contribution in [0.25, 0.3) is 0 Å². The first-order chi connectivity index (χ1) is 39.5. The largest absolute Gasteiger partial charge is 0.462 e. The zero-order valence-electron chi connectivity index (χ0n) is 54.6. The number of allylic oxidation sites excluding steroid dienone is 2. The van der Waals surface area contributed by atoms with E-state index in [1.54, 1.807) is 0 Å². The predicted molar refractivity (Wildman–Crippen MR) is 349 cm³/mol. The molecule has 0 aliphatic carbocycles. The monoisotopic (exact) mass is 1130 g/mol. The fourth-order valence-electron chi connectivity index (χ4n) is 11.5. The van der Waals surface area contributed by atoms with Gasteiger partial charge in [-0.3, -0.25) is 14.4 Å². The van der Waals surface area contributed by atoms with Crippen molar-refractivity contribution in [2.45, 2.75) is 431 Å². The number of esters is 3. The van der Waals surface area contributed by atoms with Crippen molar-refractivity contribution in [3.63, 3.8) is 0 Å². The second-order valence-corrected chi connectivity index (χ2v) is 25.2. The third-order valence-electron chi connectivity index (χ3n) is 17.0. The molecule has 0 spiro atoms. The van der Waals surface area contributed by atoms with E-state index >= 15 is 0 Å². The zero-order valence-corrected chi connectivity index (χ0v) is 54.6. The normalized spacial score (nSPS) is 12.0. The summed E-state index contributed by atoms with van der Waals surface area (Å²) in [5, 5.41) is 0. The number of hydrogen-bond acceptors (Lipinski definition) is 6. The van der Waals surface area contributed by atoms with Crippen LogP contribution in [-0.2, 0) is 28.6 Å². The summed E-state index contributed by atoms with van der Waals surface area (Å²) in [5.74, 6) is -0.843.